The summed E-state index contributed by atoms with van der Waals surface area (Å²) in [6, 6.07) is 70.9. The van der Waals surface area contributed by atoms with E-state index in [2.05, 4.69) is 193 Å². The average molecular weight is 704 g/mol. The molecule has 3 heteroatoms. The van der Waals surface area contributed by atoms with E-state index >= 15 is 0 Å². The zero-order chi connectivity index (χ0) is 36.3. The van der Waals surface area contributed by atoms with Gasteiger partial charge in [0.15, 0.2) is 0 Å². The van der Waals surface area contributed by atoms with Gasteiger partial charge in [0.05, 0.1) is 5.69 Å². The van der Waals surface area contributed by atoms with Gasteiger partial charge in [0, 0.05) is 44.0 Å². The fraction of sp³-hybridized carbons (Fsp3) is 0. The fourth-order valence-electron chi connectivity index (χ4n) is 8.25. The Morgan fingerprint density at radius 3 is 1.75 bits per heavy atom. The summed E-state index contributed by atoms with van der Waals surface area (Å²) in [5, 5.41) is 6.93. The van der Waals surface area contributed by atoms with Crippen molar-refractivity contribution >= 4 is 71.7 Å². The molecule has 0 saturated heterocycles. The van der Waals surface area contributed by atoms with Crippen LogP contribution < -0.4 is 4.90 Å². The summed E-state index contributed by atoms with van der Waals surface area (Å²) in [6.45, 7) is 0. The van der Waals surface area contributed by atoms with Crippen molar-refractivity contribution in [1.82, 2.24) is 0 Å². The summed E-state index contributed by atoms with van der Waals surface area (Å²) in [5.41, 5.74) is 13.5. The van der Waals surface area contributed by atoms with E-state index in [1.54, 1.807) is 0 Å². The molecule has 258 valence electrons. The highest BCUT2D eigenvalue weighted by Gasteiger charge is 2.21. The van der Waals surface area contributed by atoms with Crippen molar-refractivity contribution in [1.29, 1.82) is 0 Å². The summed E-state index contributed by atoms with van der Waals surface area (Å²) in [6.07, 6.45) is 0. The lowest BCUT2D eigenvalue weighted by Gasteiger charge is -2.28. The van der Waals surface area contributed by atoms with Gasteiger partial charge in [0.2, 0.25) is 0 Å². The number of hydrogen-bond acceptors (Lipinski definition) is 3. The summed E-state index contributed by atoms with van der Waals surface area (Å²) in [7, 11) is 0. The number of fused-ring (bicyclic) bond motifs is 8. The van der Waals surface area contributed by atoms with Crippen LogP contribution in [0.4, 0.5) is 17.1 Å². The Morgan fingerprint density at radius 2 is 0.927 bits per heavy atom. The summed E-state index contributed by atoms with van der Waals surface area (Å²) in [5.74, 6) is 0. The molecule has 0 atom stereocenters. The molecule has 3 nitrogen and oxygen atoms in total. The van der Waals surface area contributed by atoms with E-state index in [4.69, 9.17) is 8.83 Å². The first-order chi connectivity index (χ1) is 27.3. The minimum absolute atomic E-state index is 0.886. The van der Waals surface area contributed by atoms with Gasteiger partial charge in [-0.25, -0.2) is 0 Å². The van der Waals surface area contributed by atoms with Gasteiger partial charge < -0.3 is 13.7 Å². The van der Waals surface area contributed by atoms with Crippen LogP contribution in [0.15, 0.2) is 209 Å². The van der Waals surface area contributed by atoms with Gasteiger partial charge in [0.25, 0.3) is 0 Å². The molecule has 0 saturated carbocycles. The standard InChI is InChI=1S/C52H33NO2/c1-2-11-34(12-3-1)35-21-27-39(28-22-35)53(40-29-23-36(24-30-40)38-25-31-44-43-16-7-9-20-48(43)54-50(44)33-38)47-19-8-6-15-42(47)45-17-10-18-46-51-41-14-5-4-13-37(41)26-32-49(51)55-52(45)46/h1-33H. The Hall–Kier alpha value is -7.36. The third-order valence-electron chi connectivity index (χ3n) is 10.9. The number of furan rings is 2. The van der Waals surface area contributed by atoms with E-state index in [1.807, 2.05) is 12.1 Å². The lowest BCUT2D eigenvalue weighted by molar-refractivity contribution is 0.669. The quantitative estimate of drug-likeness (QED) is 0.173. The third kappa shape index (κ3) is 5.20. The lowest BCUT2D eigenvalue weighted by atomic mass is 9.97. The van der Waals surface area contributed by atoms with Crippen LogP contribution in [0.3, 0.4) is 0 Å². The number of nitrogens with zero attached hydrogens (tertiary/aromatic N) is 1. The van der Waals surface area contributed by atoms with E-state index in [1.165, 1.54) is 21.9 Å². The molecule has 0 aliphatic rings. The zero-order valence-electron chi connectivity index (χ0n) is 29.8. The predicted molar refractivity (Wildman–Crippen MR) is 229 cm³/mol. The molecule has 11 aromatic rings. The van der Waals surface area contributed by atoms with E-state index in [0.29, 0.717) is 0 Å². The second-order valence-corrected chi connectivity index (χ2v) is 14.1. The molecule has 0 amide bonds. The summed E-state index contributed by atoms with van der Waals surface area (Å²) in [4.78, 5) is 2.35. The van der Waals surface area contributed by atoms with Crippen molar-refractivity contribution in [3.63, 3.8) is 0 Å². The molecule has 0 aliphatic heterocycles. The third-order valence-corrected chi connectivity index (χ3v) is 10.9. The Bertz CT molecular complexity index is 3190. The van der Waals surface area contributed by atoms with E-state index in [-0.39, 0.29) is 0 Å². The minimum Gasteiger partial charge on any atom is -0.456 e. The fourth-order valence-corrected chi connectivity index (χ4v) is 8.25. The maximum Gasteiger partial charge on any atom is 0.143 e. The van der Waals surface area contributed by atoms with Crippen molar-refractivity contribution in [2.75, 3.05) is 4.90 Å². The van der Waals surface area contributed by atoms with Crippen LogP contribution in [0, 0.1) is 0 Å². The molecule has 9 aromatic carbocycles. The highest BCUT2D eigenvalue weighted by atomic mass is 16.3. The van der Waals surface area contributed by atoms with Gasteiger partial charge in [-0.05, 0) is 87.6 Å². The Labute approximate surface area is 317 Å². The van der Waals surface area contributed by atoms with E-state index in [9.17, 15) is 0 Å². The topological polar surface area (TPSA) is 29.5 Å². The average Bonchev–Trinajstić information content (AvgIpc) is 3.83. The second-order valence-electron chi connectivity index (χ2n) is 14.1. The van der Waals surface area contributed by atoms with Crippen molar-refractivity contribution in [3.05, 3.63) is 200 Å². The van der Waals surface area contributed by atoms with Crippen LogP contribution in [0.1, 0.15) is 0 Å². The molecular weight excluding hydrogens is 671 g/mol. The SMILES string of the molecule is c1ccc(-c2ccc(N(c3ccc(-c4ccc5c(c4)oc4ccccc45)cc3)c3ccccc3-c3cccc4c3oc3ccc5ccccc5c34)cc2)cc1. The van der Waals surface area contributed by atoms with Gasteiger partial charge in [0.1, 0.15) is 22.3 Å². The van der Waals surface area contributed by atoms with Crippen molar-refractivity contribution in [2.45, 2.75) is 0 Å². The van der Waals surface area contributed by atoms with Crippen LogP contribution in [0.25, 0.3) is 88.0 Å². The van der Waals surface area contributed by atoms with E-state index in [0.717, 1.165) is 83.2 Å². The lowest BCUT2D eigenvalue weighted by Crippen LogP contribution is -2.11. The summed E-state index contributed by atoms with van der Waals surface area (Å²) < 4.78 is 13.0. The van der Waals surface area contributed by atoms with Crippen LogP contribution in [-0.2, 0) is 0 Å². The molecule has 0 radical (unpaired) electrons. The highest BCUT2D eigenvalue weighted by molar-refractivity contribution is 6.21. The van der Waals surface area contributed by atoms with Gasteiger partial charge in [-0.15, -0.1) is 0 Å². The molecule has 0 bridgehead atoms. The number of anilines is 3. The monoisotopic (exact) mass is 703 g/mol. The predicted octanol–water partition coefficient (Wildman–Crippen LogP) is 15.1. The normalized spacial score (nSPS) is 11.6. The van der Waals surface area contributed by atoms with Gasteiger partial charge >= 0.3 is 0 Å². The molecule has 11 rings (SSSR count). The molecule has 0 fully saturated rings. The van der Waals surface area contributed by atoms with Crippen LogP contribution in [0.5, 0.6) is 0 Å². The number of benzene rings is 9. The van der Waals surface area contributed by atoms with Crippen LogP contribution in [-0.4, -0.2) is 0 Å². The number of para-hydroxylation sites is 3. The first kappa shape index (κ1) is 31.2. The van der Waals surface area contributed by atoms with Gasteiger partial charge in [-0.1, -0.05) is 146 Å². The highest BCUT2D eigenvalue weighted by Crippen LogP contribution is 2.46. The molecule has 0 N–H and O–H groups in total. The van der Waals surface area contributed by atoms with Crippen LogP contribution >= 0.6 is 0 Å². The van der Waals surface area contributed by atoms with Gasteiger partial charge in [-0.3, -0.25) is 0 Å². The molecule has 2 aromatic heterocycles. The molecule has 0 unspecified atom stereocenters. The maximum atomic E-state index is 6.75. The second kappa shape index (κ2) is 12.6. The minimum atomic E-state index is 0.886. The van der Waals surface area contributed by atoms with Crippen LogP contribution in [0.2, 0.25) is 0 Å². The van der Waals surface area contributed by atoms with E-state index < -0.39 is 0 Å². The maximum absolute atomic E-state index is 6.75. The Balaban J connectivity index is 1.06. The van der Waals surface area contributed by atoms with Crippen molar-refractivity contribution < 1.29 is 8.83 Å². The van der Waals surface area contributed by atoms with Crippen molar-refractivity contribution in [3.8, 4) is 33.4 Å². The molecule has 0 spiro atoms. The largest absolute Gasteiger partial charge is 0.456 e. The molecule has 2 heterocycles. The Morgan fingerprint density at radius 1 is 0.327 bits per heavy atom. The smallest absolute Gasteiger partial charge is 0.143 e. The summed E-state index contributed by atoms with van der Waals surface area (Å²) >= 11 is 0. The number of rotatable bonds is 6. The Kier molecular flexibility index (Phi) is 7.17. The molecule has 0 aliphatic carbocycles. The first-order valence-corrected chi connectivity index (χ1v) is 18.7. The zero-order valence-corrected chi connectivity index (χ0v) is 29.8. The van der Waals surface area contributed by atoms with Crippen molar-refractivity contribution in [2.24, 2.45) is 0 Å². The molecular formula is C52H33NO2. The van der Waals surface area contributed by atoms with Gasteiger partial charge in [-0.2, -0.15) is 0 Å². The first-order valence-electron chi connectivity index (χ1n) is 18.7. The molecule has 55 heavy (non-hydrogen) atoms. The number of hydrogen-bond donors (Lipinski definition) is 0.